The van der Waals surface area contributed by atoms with Gasteiger partial charge in [-0.1, -0.05) is 68.3 Å². The van der Waals surface area contributed by atoms with Gasteiger partial charge in [0.1, 0.15) is 16.1 Å². The lowest BCUT2D eigenvalue weighted by Gasteiger charge is -2.16. The van der Waals surface area contributed by atoms with Crippen LogP contribution in [0.3, 0.4) is 0 Å². The van der Waals surface area contributed by atoms with Crippen LogP contribution in [0, 0.1) is 11.5 Å². The van der Waals surface area contributed by atoms with E-state index in [0.717, 1.165) is 19.3 Å². The van der Waals surface area contributed by atoms with E-state index in [1.807, 2.05) is 0 Å². The van der Waals surface area contributed by atoms with Crippen molar-refractivity contribution in [1.29, 1.82) is 0 Å². The molecule has 0 fully saturated rings. The Morgan fingerprint density at radius 3 is 2.29 bits per heavy atom. The normalized spacial score (nSPS) is 11.1. The predicted molar refractivity (Wildman–Crippen MR) is 101 cm³/mol. The average Bonchev–Trinajstić information content (AvgIpc) is 2.41. The van der Waals surface area contributed by atoms with Crippen molar-refractivity contribution in [2.24, 2.45) is 0 Å². The second kappa shape index (κ2) is 8.24. The first-order valence-electron chi connectivity index (χ1n) is 7.79. The standard InChI is InChI=1S/C19H28Si2/c1-20(2,3)17-13-8-6-7-9-14-18-21(4,5)19-15-11-10-12-16-19/h9-12,15-16,18H,6-8H2,1-5H3. The van der Waals surface area contributed by atoms with E-state index < -0.39 is 16.1 Å². The van der Waals surface area contributed by atoms with Crippen LogP contribution in [0.25, 0.3) is 0 Å². The Kier molecular flexibility index (Phi) is 6.98. The molecule has 21 heavy (non-hydrogen) atoms. The van der Waals surface area contributed by atoms with E-state index in [0.29, 0.717) is 0 Å². The van der Waals surface area contributed by atoms with E-state index >= 15 is 0 Å². The molecule has 0 aliphatic heterocycles. The highest BCUT2D eigenvalue weighted by Crippen LogP contribution is 2.05. The molecule has 0 nitrogen and oxygen atoms in total. The molecule has 0 spiro atoms. The molecule has 2 heteroatoms. The van der Waals surface area contributed by atoms with Gasteiger partial charge in [-0.15, -0.1) is 17.2 Å². The van der Waals surface area contributed by atoms with Crippen molar-refractivity contribution in [1.82, 2.24) is 0 Å². The molecule has 0 unspecified atom stereocenters. The number of hydrogen-bond donors (Lipinski definition) is 0. The third kappa shape index (κ3) is 7.92. The minimum atomic E-state index is -1.47. The van der Waals surface area contributed by atoms with E-state index in [2.05, 4.69) is 92.0 Å². The van der Waals surface area contributed by atoms with Gasteiger partial charge < -0.3 is 0 Å². The Labute approximate surface area is 133 Å². The van der Waals surface area contributed by atoms with Gasteiger partial charge in [-0.05, 0) is 24.6 Å². The van der Waals surface area contributed by atoms with Crippen molar-refractivity contribution in [2.45, 2.75) is 52.0 Å². The van der Waals surface area contributed by atoms with Crippen LogP contribution in [0.15, 0.2) is 47.8 Å². The zero-order valence-corrected chi connectivity index (χ0v) is 16.2. The van der Waals surface area contributed by atoms with Gasteiger partial charge in [-0.2, -0.15) is 0 Å². The van der Waals surface area contributed by atoms with E-state index in [4.69, 9.17) is 0 Å². The molecule has 0 heterocycles. The molecular weight excluding hydrogens is 284 g/mol. The number of rotatable bonds is 5. The van der Waals surface area contributed by atoms with Crippen LogP contribution in [0.4, 0.5) is 0 Å². The molecule has 0 amide bonds. The van der Waals surface area contributed by atoms with Crippen molar-refractivity contribution in [3.63, 3.8) is 0 Å². The van der Waals surface area contributed by atoms with Crippen LogP contribution in [0.1, 0.15) is 19.3 Å². The minimum Gasteiger partial charge on any atom is -0.133 e. The number of benzene rings is 1. The summed E-state index contributed by atoms with van der Waals surface area (Å²) in [6, 6.07) is 10.8. The quantitative estimate of drug-likeness (QED) is 0.314. The van der Waals surface area contributed by atoms with Crippen LogP contribution in [-0.4, -0.2) is 16.1 Å². The second-order valence-corrected chi connectivity index (χ2v) is 16.1. The van der Waals surface area contributed by atoms with E-state index in [1.54, 1.807) is 0 Å². The first-order chi connectivity index (χ1) is 9.81. The smallest absolute Gasteiger partial charge is 0.129 e. The molecule has 0 N–H and O–H groups in total. The van der Waals surface area contributed by atoms with E-state index in [-0.39, 0.29) is 0 Å². The van der Waals surface area contributed by atoms with Gasteiger partial charge in [0.2, 0.25) is 0 Å². The van der Waals surface area contributed by atoms with Crippen LogP contribution < -0.4 is 5.19 Å². The maximum Gasteiger partial charge on any atom is 0.129 e. The zero-order valence-electron chi connectivity index (χ0n) is 14.2. The van der Waals surface area contributed by atoms with Gasteiger partial charge >= 0.3 is 0 Å². The summed E-state index contributed by atoms with van der Waals surface area (Å²) < 4.78 is 0. The summed E-state index contributed by atoms with van der Waals surface area (Å²) in [4.78, 5) is 0. The molecule has 112 valence electrons. The molecule has 0 saturated carbocycles. The van der Waals surface area contributed by atoms with Gasteiger partial charge in [0, 0.05) is 6.42 Å². The molecule has 1 aromatic rings. The first-order valence-corrected chi connectivity index (χ1v) is 14.4. The van der Waals surface area contributed by atoms with Crippen molar-refractivity contribution in [3.05, 3.63) is 47.8 Å². The topological polar surface area (TPSA) is 0 Å². The van der Waals surface area contributed by atoms with Crippen molar-refractivity contribution in [3.8, 4) is 11.5 Å². The molecule has 0 saturated heterocycles. The summed E-state index contributed by atoms with van der Waals surface area (Å²) in [6.45, 7) is 11.6. The monoisotopic (exact) mass is 312 g/mol. The average molecular weight is 313 g/mol. The summed E-state index contributed by atoms with van der Waals surface area (Å²) >= 11 is 0. The second-order valence-electron chi connectivity index (χ2n) is 7.05. The van der Waals surface area contributed by atoms with Crippen LogP contribution in [0.5, 0.6) is 0 Å². The van der Waals surface area contributed by atoms with Crippen LogP contribution in [-0.2, 0) is 0 Å². The molecule has 0 aromatic heterocycles. The number of unbranched alkanes of at least 4 members (excludes halogenated alkanes) is 2. The summed E-state index contributed by atoms with van der Waals surface area (Å²) in [6.07, 6.45) is 5.41. The fourth-order valence-electron chi connectivity index (χ4n) is 1.92. The summed E-state index contributed by atoms with van der Waals surface area (Å²) in [5.74, 6) is 3.32. The Bertz CT molecular complexity index is 545. The SMILES string of the molecule is C[Si](C)(C)C#CCCCC=C=C[Si](C)(C)c1ccccc1. The maximum atomic E-state index is 3.41. The Morgan fingerprint density at radius 2 is 1.67 bits per heavy atom. The van der Waals surface area contributed by atoms with Gasteiger partial charge in [-0.3, -0.25) is 0 Å². The fourth-order valence-corrected chi connectivity index (χ4v) is 4.33. The van der Waals surface area contributed by atoms with Gasteiger partial charge in [0.05, 0.1) is 0 Å². The third-order valence-electron chi connectivity index (χ3n) is 3.19. The van der Waals surface area contributed by atoms with Crippen LogP contribution in [0.2, 0.25) is 32.7 Å². The molecular formula is C19H28Si2. The van der Waals surface area contributed by atoms with E-state index in [1.165, 1.54) is 5.19 Å². The fraction of sp³-hybridized carbons (Fsp3) is 0.421. The molecule has 1 rings (SSSR count). The molecule has 0 bridgehead atoms. The molecule has 0 aliphatic carbocycles. The Balaban J connectivity index is 2.44. The van der Waals surface area contributed by atoms with Gasteiger partial charge in [0.25, 0.3) is 0 Å². The zero-order chi connectivity index (χ0) is 15.8. The molecule has 0 atom stereocenters. The molecule has 0 radical (unpaired) electrons. The Hall–Kier alpha value is -1.27. The van der Waals surface area contributed by atoms with Crippen molar-refractivity contribution < 1.29 is 0 Å². The predicted octanol–water partition coefficient (Wildman–Crippen LogP) is 4.90. The minimum absolute atomic E-state index is 1.02. The highest BCUT2D eigenvalue weighted by atomic mass is 28.3. The lowest BCUT2D eigenvalue weighted by Crippen LogP contribution is -2.39. The number of hydrogen-bond acceptors (Lipinski definition) is 0. The lowest BCUT2D eigenvalue weighted by atomic mass is 10.2. The largest absolute Gasteiger partial charge is 0.133 e. The Morgan fingerprint density at radius 1 is 1.00 bits per heavy atom. The number of allylic oxidation sites excluding steroid dienone is 1. The molecule has 0 aliphatic rings. The van der Waals surface area contributed by atoms with Gasteiger partial charge in [-0.25, -0.2) is 0 Å². The summed E-state index contributed by atoms with van der Waals surface area (Å²) in [5.41, 5.74) is 9.12. The summed E-state index contributed by atoms with van der Waals surface area (Å²) in [7, 11) is -2.65. The van der Waals surface area contributed by atoms with Crippen molar-refractivity contribution in [2.75, 3.05) is 0 Å². The molecule has 1 aromatic carbocycles. The first kappa shape index (κ1) is 17.8. The van der Waals surface area contributed by atoms with E-state index in [9.17, 15) is 0 Å². The maximum absolute atomic E-state index is 3.41. The van der Waals surface area contributed by atoms with Crippen molar-refractivity contribution >= 4 is 21.3 Å². The highest BCUT2D eigenvalue weighted by Gasteiger charge is 2.18. The third-order valence-corrected chi connectivity index (χ3v) is 6.83. The highest BCUT2D eigenvalue weighted by molar-refractivity contribution is 6.93. The van der Waals surface area contributed by atoms with Gasteiger partial charge in [0.15, 0.2) is 0 Å². The lowest BCUT2D eigenvalue weighted by molar-refractivity contribution is 0.886. The van der Waals surface area contributed by atoms with Crippen LogP contribution >= 0.6 is 0 Å². The summed E-state index contributed by atoms with van der Waals surface area (Å²) in [5, 5.41) is 1.46.